The van der Waals surface area contributed by atoms with Gasteiger partial charge >= 0.3 is 0 Å². The van der Waals surface area contributed by atoms with E-state index in [1.165, 1.54) is 5.56 Å². The first-order valence-electron chi connectivity index (χ1n) is 9.41. The van der Waals surface area contributed by atoms with Gasteiger partial charge in [0.25, 0.3) is 0 Å². The van der Waals surface area contributed by atoms with Crippen LogP contribution >= 0.6 is 0 Å². The van der Waals surface area contributed by atoms with Gasteiger partial charge in [-0.1, -0.05) is 30.3 Å². The maximum atomic E-state index is 12.5. The normalized spacial score (nSPS) is 16.1. The van der Waals surface area contributed by atoms with E-state index < -0.39 is 0 Å². The molecule has 4 rings (SSSR count). The fraction of sp³-hybridized carbons (Fsp3) is 0.333. The van der Waals surface area contributed by atoms with E-state index in [-0.39, 0.29) is 25.0 Å². The summed E-state index contributed by atoms with van der Waals surface area (Å²) in [6.45, 7) is 3.97. The van der Waals surface area contributed by atoms with Crippen LogP contribution in [0.3, 0.4) is 0 Å². The van der Waals surface area contributed by atoms with Crippen LogP contribution in [-0.4, -0.2) is 54.6 Å². The van der Waals surface area contributed by atoms with E-state index in [0.717, 1.165) is 19.6 Å². The molecule has 2 aliphatic heterocycles. The molecule has 7 heteroatoms. The van der Waals surface area contributed by atoms with Gasteiger partial charge in [-0.15, -0.1) is 0 Å². The van der Waals surface area contributed by atoms with E-state index >= 15 is 0 Å². The third kappa shape index (κ3) is 4.43. The maximum Gasteiger partial charge on any atom is 0.233 e. The highest BCUT2D eigenvalue weighted by Gasteiger charge is 2.23. The second-order valence-electron chi connectivity index (χ2n) is 6.94. The van der Waals surface area contributed by atoms with Crippen LogP contribution in [0.25, 0.3) is 0 Å². The average Bonchev–Trinajstić information content (AvgIpc) is 3.17. The Morgan fingerprint density at radius 1 is 0.929 bits per heavy atom. The Bertz CT molecular complexity index is 848. The standard InChI is InChI=1S/C21H23N3O4/c25-20(22-17-6-7-18-19(12-17)28-15-27-18)13-21(26)24-10-8-23(9-11-24)14-16-4-2-1-3-5-16/h1-7,12H,8-11,13-15H2,(H,22,25). The molecule has 0 saturated carbocycles. The largest absolute Gasteiger partial charge is 0.454 e. The zero-order valence-electron chi connectivity index (χ0n) is 15.6. The summed E-state index contributed by atoms with van der Waals surface area (Å²) in [5, 5.41) is 2.75. The Morgan fingerprint density at radius 2 is 1.68 bits per heavy atom. The molecule has 28 heavy (non-hydrogen) atoms. The zero-order chi connectivity index (χ0) is 19.3. The topological polar surface area (TPSA) is 71.1 Å². The van der Waals surface area contributed by atoms with E-state index in [1.54, 1.807) is 23.1 Å². The quantitative estimate of drug-likeness (QED) is 0.803. The van der Waals surface area contributed by atoms with Crippen LogP contribution in [-0.2, 0) is 16.1 Å². The van der Waals surface area contributed by atoms with Crippen molar-refractivity contribution >= 4 is 17.5 Å². The summed E-state index contributed by atoms with van der Waals surface area (Å²) < 4.78 is 10.5. The van der Waals surface area contributed by atoms with Gasteiger partial charge in [0.05, 0.1) is 0 Å². The van der Waals surface area contributed by atoms with Crippen molar-refractivity contribution in [2.24, 2.45) is 0 Å². The van der Waals surface area contributed by atoms with Crippen LogP contribution in [0, 0.1) is 0 Å². The predicted molar refractivity (Wildman–Crippen MR) is 104 cm³/mol. The van der Waals surface area contributed by atoms with Gasteiger partial charge in [-0.25, -0.2) is 0 Å². The molecule has 2 aromatic carbocycles. The van der Waals surface area contributed by atoms with Crippen molar-refractivity contribution in [1.29, 1.82) is 0 Å². The Kier molecular flexibility index (Phi) is 5.43. The molecule has 2 aromatic rings. The first kappa shape index (κ1) is 18.3. The van der Waals surface area contributed by atoms with Gasteiger partial charge in [-0.05, 0) is 17.7 Å². The summed E-state index contributed by atoms with van der Waals surface area (Å²) in [6, 6.07) is 15.5. The number of amides is 2. The number of ether oxygens (including phenoxy) is 2. The highest BCUT2D eigenvalue weighted by atomic mass is 16.7. The number of carbonyl (C=O) groups is 2. The molecule has 1 N–H and O–H groups in total. The van der Waals surface area contributed by atoms with Crippen molar-refractivity contribution < 1.29 is 19.1 Å². The van der Waals surface area contributed by atoms with Crippen LogP contribution in [0.15, 0.2) is 48.5 Å². The Morgan fingerprint density at radius 3 is 2.46 bits per heavy atom. The molecule has 0 radical (unpaired) electrons. The molecule has 7 nitrogen and oxygen atoms in total. The number of fused-ring (bicyclic) bond motifs is 1. The number of hydrogen-bond donors (Lipinski definition) is 1. The molecule has 0 aromatic heterocycles. The Labute approximate surface area is 163 Å². The van der Waals surface area contributed by atoms with Gasteiger partial charge in [-0.2, -0.15) is 0 Å². The number of nitrogens with one attached hydrogen (secondary N) is 1. The summed E-state index contributed by atoms with van der Waals surface area (Å²) in [6.07, 6.45) is -0.160. The summed E-state index contributed by atoms with van der Waals surface area (Å²) in [7, 11) is 0. The number of benzene rings is 2. The molecule has 0 atom stereocenters. The van der Waals surface area contributed by atoms with E-state index in [9.17, 15) is 9.59 Å². The number of anilines is 1. The first-order valence-corrected chi connectivity index (χ1v) is 9.41. The van der Waals surface area contributed by atoms with Crippen LogP contribution in [0.1, 0.15) is 12.0 Å². The van der Waals surface area contributed by atoms with E-state index in [2.05, 4.69) is 22.3 Å². The number of rotatable bonds is 5. The molecule has 2 amide bonds. The summed E-state index contributed by atoms with van der Waals surface area (Å²) >= 11 is 0. The van der Waals surface area contributed by atoms with Crippen LogP contribution < -0.4 is 14.8 Å². The summed E-state index contributed by atoms with van der Waals surface area (Å²) in [5.74, 6) is 0.786. The molecule has 1 fully saturated rings. The fourth-order valence-electron chi connectivity index (χ4n) is 3.43. The third-order valence-electron chi connectivity index (χ3n) is 4.94. The van der Waals surface area contributed by atoms with Crippen molar-refractivity contribution in [1.82, 2.24) is 9.80 Å². The molecule has 0 spiro atoms. The van der Waals surface area contributed by atoms with Crippen LogP contribution in [0.5, 0.6) is 11.5 Å². The summed E-state index contributed by atoms with van der Waals surface area (Å²) in [5.41, 5.74) is 1.86. The fourth-order valence-corrected chi connectivity index (χ4v) is 3.43. The van der Waals surface area contributed by atoms with Gasteiger partial charge in [0.2, 0.25) is 18.6 Å². The lowest BCUT2D eigenvalue weighted by atomic mass is 10.2. The van der Waals surface area contributed by atoms with Crippen molar-refractivity contribution in [3.05, 3.63) is 54.1 Å². The molecule has 2 aliphatic rings. The number of piperazine rings is 1. The minimum Gasteiger partial charge on any atom is -0.454 e. The minimum absolute atomic E-state index is 0.141. The van der Waals surface area contributed by atoms with Gasteiger partial charge in [0.15, 0.2) is 11.5 Å². The monoisotopic (exact) mass is 381 g/mol. The Hall–Kier alpha value is -3.06. The second kappa shape index (κ2) is 8.31. The molecule has 0 unspecified atom stereocenters. The number of nitrogens with zero attached hydrogens (tertiary/aromatic N) is 2. The molecule has 2 heterocycles. The smallest absolute Gasteiger partial charge is 0.233 e. The predicted octanol–water partition coefficient (Wildman–Crippen LogP) is 2.09. The lowest BCUT2D eigenvalue weighted by molar-refractivity contribution is -0.136. The highest BCUT2D eigenvalue weighted by Crippen LogP contribution is 2.34. The van der Waals surface area contributed by atoms with Crippen molar-refractivity contribution in [3.63, 3.8) is 0 Å². The van der Waals surface area contributed by atoms with E-state index in [4.69, 9.17) is 9.47 Å². The van der Waals surface area contributed by atoms with E-state index in [1.807, 2.05) is 18.2 Å². The second-order valence-corrected chi connectivity index (χ2v) is 6.94. The molecular weight excluding hydrogens is 358 g/mol. The third-order valence-corrected chi connectivity index (χ3v) is 4.94. The lowest BCUT2D eigenvalue weighted by Gasteiger charge is -2.34. The average molecular weight is 381 g/mol. The van der Waals surface area contributed by atoms with Crippen molar-refractivity contribution in [3.8, 4) is 11.5 Å². The van der Waals surface area contributed by atoms with Gasteiger partial charge in [-0.3, -0.25) is 14.5 Å². The minimum atomic E-state index is -0.324. The number of hydrogen-bond acceptors (Lipinski definition) is 5. The van der Waals surface area contributed by atoms with Gasteiger partial charge in [0.1, 0.15) is 6.42 Å². The SMILES string of the molecule is O=C(CC(=O)N1CCN(Cc2ccccc2)CC1)Nc1ccc2c(c1)OCO2. The van der Waals surface area contributed by atoms with Crippen molar-refractivity contribution in [2.45, 2.75) is 13.0 Å². The summed E-state index contributed by atoms with van der Waals surface area (Å²) in [4.78, 5) is 28.8. The van der Waals surface area contributed by atoms with E-state index in [0.29, 0.717) is 30.3 Å². The Balaban J connectivity index is 1.23. The zero-order valence-corrected chi connectivity index (χ0v) is 15.6. The highest BCUT2D eigenvalue weighted by molar-refractivity contribution is 6.03. The van der Waals surface area contributed by atoms with Crippen LogP contribution in [0.4, 0.5) is 5.69 Å². The maximum absolute atomic E-state index is 12.5. The molecule has 0 aliphatic carbocycles. The molecule has 0 bridgehead atoms. The lowest BCUT2D eigenvalue weighted by Crippen LogP contribution is -2.48. The first-order chi connectivity index (χ1) is 13.7. The molecule has 1 saturated heterocycles. The molecule has 146 valence electrons. The molecular formula is C21H23N3O4. The van der Waals surface area contributed by atoms with Crippen LogP contribution in [0.2, 0.25) is 0 Å². The van der Waals surface area contributed by atoms with Gasteiger partial charge in [0, 0.05) is 44.5 Å². The van der Waals surface area contributed by atoms with Crippen molar-refractivity contribution in [2.75, 3.05) is 38.3 Å². The number of carbonyl (C=O) groups excluding carboxylic acids is 2. The van der Waals surface area contributed by atoms with Gasteiger partial charge < -0.3 is 19.7 Å².